The fourth-order valence-electron chi connectivity index (χ4n) is 1.39. The molecule has 1 aromatic rings. The number of hydrogen-bond acceptors (Lipinski definition) is 5. The molecule has 0 unspecified atom stereocenters. The highest BCUT2D eigenvalue weighted by Gasteiger charge is 2.14. The fraction of sp³-hybridized carbons (Fsp3) is 0.455. The van der Waals surface area contributed by atoms with Gasteiger partial charge in [0.05, 0.1) is 23.6 Å². The maximum absolute atomic E-state index is 11.5. The van der Waals surface area contributed by atoms with E-state index in [4.69, 9.17) is 11.6 Å². The van der Waals surface area contributed by atoms with Gasteiger partial charge < -0.3 is 10.2 Å². The zero-order valence-corrected chi connectivity index (χ0v) is 11.5. The number of pyridine rings is 1. The van der Waals surface area contributed by atoms with Gasteiger partial charge in [0.15, 0.2) is 0 Å². The number of likely N-dealkylation sites (N-methyl/N-ethyl adjacent to an activating group) is 1. The lowest BCUT2D eigenvalue weighted by molar-refractivity contribution is -0.384. The van der Waals surface area contributed by atoms with E-state index in [1.165, 1.54) is 11.0 Å². The molecule has 0 aliphatic rings. The van der Waals surface area contributed by atoms with Gasteiger partial charge in [-0.15, -0.1) is 0 Å². The summed E-state index contributed by atoms with van der Waals surface area (Å²) in [6.45, 7) is 2.60. The van der Waals surface area contributed by atoms with Gasteiger partial charge in [-0.2, -0.15) is 0 Å². The Morgan fingerprint density at radius 2 is 2.26 bits per heavy atom. The second-order valence-electron chi connectivity index (χ2n) is 3.97. The molecule has 0 spiro atoms. The monoisotopic (exact) mass is 286 g/mol. The summed E-state index contributed by atoms with van der Waals surface area (Å²) in [6.07, 6.45) is 0.844. The van der Waals surface area contributed by atoms with Crippen LogP contribution in [0.1, 0.15) is 13.3 Å². The van der Waals surface area contributed by atoms with E-state index < -0.39 is 4.92 Å². The Balaban J connectivity index is 2.79. The quantitative estimate of drug-likeness (QED) is 0.487. The van der Waals surface area contributed by atoms with Crippen molar-refractivity contribution in [3.05, 3.63) is 27.4 Å². The Kier molecular flexibility index (Phi) is 5.50. The largest absolute Gasteiger partial charge is 0.355 e. The third-order valence-corrected chi connectivity index (χ3v) is 2.51. The number of carbonyl (C=O) groups is 1. The molecule has 0 saturated heterocycles. The second-order valence-corrected chi connectivity index (χ2v) is 4.36. The number of nitrogens with one attached hydrogen (secondary N) is 1. The molecule has 0 aliphatic carbocycles. The Morgan fingerprint density at radius 3 is 2.84 bits per heavy atom. The van der Waals surface area contributed by atoms with E-state index in [2.05, 4.69) is 10.3 Å². The lowest BCUT2D eigenvalue weighted by Gasteiger charge is -2.17. The predicted molar refractivity (Wildman–Crippen MR) is 72.5 cm³/mol. The van der Waals surface area contributed by atoms with Crippen LogP contribution >= 0.6 is 11.6 Å². The maximum Gasteiger partial charge on any atom is 0.276 e. The summed E-state index contributed by atoms with van der Waals surface area (Å²) in [5.41, 5.74) is -0.157. The zero-order valence-electron chi connectivity index (χ0n) is 10.7. The SMILES string of the molecule is CCCNC(=O)CN(C)c1cc([N+](=O)[O-])cc(Cl)n1. The molecule has 1 rings (SSSR count). The molecule has 1 aromatic heterocycles. The van der Waals surface area contributed by atoms with Gasteiger partial charge in [-0.3, -0.25) is 14.9 Å². The minimum absolute atomic E-state index is 0.0185. The molecule has 1 amide bonds. The van der Waals surface area contributed by atoms with Crippen molar-refractivity contribution in [2.24, 2.45) is 0 Å². The molecule has 19 heavy (non-hydrogen) atoms. The number of nitrogens with zero attached hydrogens (tertiary/aromatic N) is 3. The van der Waals surface area contributed by atoms with Crippen LogP contribution < -0.4 is 10.2 Å². The molecule has 7 nitrogen and oxygen atoms in total. The van der Waals surface area contributed by atoms with Crippen molar-refractivity contribution >= 4 is 29.0 Å². The molecule has 0 atom stereocenters. The van der Waals surface area contributed by atoms with Crippen LogP contribution in [0.2, 0.25) is 5.15 Å². The van der Waals surface area contributed by atoms with Crippen LogP contribution in [0.4, 0.5) is 11.5 Å². The normalized spacial score (nSPS) is 10.1. The number of carbonyl (C=O) groups excluding carboxylic acids is 1. The van der Waals surface area contributed by atoms with Crippen LogP contribution in [0.25, 0.3) is 0 Å². The average molecular weight is 287 g/mol. The Hall–Kier alpha value is -1.89. The van der Waals surface area contributed by atoms with E-state index in [0.717, 1.165) is 12.5 Å². The van der Waals surface area contributed by atoms with Gasteiger partial charge >= 0.3 is 0 Å². The fourth-order valence-corrected chi connectivity index (χ4v) is 1.59. The highest BCUT2D eigenvalue weighted by Crippen LogP contribution is 2.22. The molecule has 8 heteroatoms. The van der Waals surface area contributed by atoms with E-state index in [-0.39, 0.29) is 29.1 Å². The highest BCUT2D eigenvalue weighted by molar-refractivity contribution is 6.29. The third kappa shape index (κ3) is 4.70. The summed E-state index contributed by atoms with van der Waals surface area (Å²) in [4.78, 5) is 27.2. The van der Waals surface area contributed by atoms with E-state index in [1.54, 1.807) is 7.05 Å². The molecule has 1 heterocycles. The number of rotatable bonds is 6. The molecule has 0 aliphatic heterocycles. The summed E-state index contributed by atoms with van der Waals surface area (Å²) in [5, 5.41) is 13.4. The number of amides is 1. The number of nitro groups is 1. The summed E-state index contributed by atoms with van der Waals surface area (Å²) < 4.78 is 0. The first kappa shape index (κ1) is 15.2. The molecular formula is C11H15ClN4O3. The van der Waals surface area contributed by atoms with Crippen LogP contribution in [0, 0.1) is 10.1 Å². The standard InChI is InChI=1S/C11H15ClN4O3/c1-3-4-13-11(17)7-15(2)10-6-8(16(18)19)5-9(12)14-10/h5-6H,3-4,7H2,1-2H3,(H,13,17). The van der Waals surface area contributed by atoms with Crippen molar-refractivity contribution < 1.29 is 9.72 Å². The van der Waals surface area contributed by atoms with Crippen LogP contribution in [0.3, 0.4) is 0 Å². The Bertz CT molecular complexity index is 481. The minimum Gasteiger partial charge on any atom is -0.355 e. The van der Waals surface area contributed by atoms with E-state index in [0.29, 0.717) is 6.54 Å². The number of anilines is 1. The van der Waals surface area contributed by atoms with Gasteiger partial charge in [0.25, 0.3) is 5.69 Å². The van der Waals surface area contributed by atoms with Crippen LogP contribution in [0.15, 0.2) is 12.1 Å². The summed E-state index contributed by atoms with van der Waals surface area (Å²) >= 11 is 5.72. The number of hydrogen-bond donors (Lipinski definition) is 1. The van der Waals surface area contributed by atoms with Gasteiger partial charge in [-0.25, -0.2) is 4.98 Å². The van der Waals surface area contributed by atoms with Crippen molar-refractivity contribution in [3.63, 3.8) is 0 Å². The molecule has 0 fully saturated rings. The van der Waals surface area contributed by atoms with Crippen molar-refractivity contribution in [3.8, 4) is 0 Å². The molecule has 1 N–H and O–H groups in total. The molecule has 0 radical (unpaired) electrons. The van der Waals surface area contributed by atoms with Gasteiger partial charge in [-0.05, 0) is 6.42 Å². The van der Waals surface area contributed by atoms with Gasteiger partial charge in [0.1, 0.15) is 11.0 Å². The van der Waals surface area contributed by atoms with Crippen molar-refractivity contribution in [1.29, 1.82) is 0 Å². The first-order valence-corrected chi connectivity index (χ1v) is 6.11. The molecule has 0 aromatic carbocycles. The molecule has 0 bridgehead atoms. The average Bonchev–Trinajstić information content (AvgIpc) is 2.35. The first-order chi connectivity index (χ1) is 8.93. The van der Waals surface area contributed by atoms with Crippen LogP contribution in [-0.4, -0.2) is 36.0 Å². The van der Waals surface area contributed by atoms with Gasteiger partial charge in [0.2, 0.25) is 5.91 Å². The highest BCUT2D eigenvalue weighted by atomic mass is 35.5. The Morgan fingerprint density at radius 1 is 1.58 bits per heavy atom. The van der Waals surface area contributed by atoms with Crippen LogP contribution in [-0.2, 0) is 4.79 Å². The molecular weight excluding hydrogens is 272 g/mol. The molecule has 104 valence electrons. The van der Waals surface area contributed by atoms with Crippen molar-refractivity contribution in [1.82, 2.24) is 10.3 Å². The number of aromatic nitrogens is 1. The van der Waals surface area contributed by atoms with Crippen molar-refractivity contribution in [2.45, 2.75) is 13.3 Å². The topological polar surface area (TPSA) is 88.4 Å². The second kappa shape index (κ2) is 6.89. The van der Waals surface area contributed by atoms with E-state index in [1.807, 2.05) is 6.92 Å². The van der Waals surface area contributed by atoms with E-state index >= 15 is 0 Å². The Labute approximate surface area is 115 Å². The van der Waals surface area contributed by atoms with Crippen molar-refractivity contribution in [2.75, 3.05) is 25.0 Å². The lowest BCUT2D eigenvalue weighted by atomic mass is 10.3. The lowest BCUT2D eigenvalue weighted by Crippen LogP contribution is -2.35. The van der Waals surface area contributed by atoms with Gasteiger partial charge in [0, 0.05) is 13.6 Å². The van der Waals surface area contributed by atoms with Gasteiger partial charge in [-0.1, -0.05) is 18.5 Å². The zero-order chi connectivity index (χ0) is 14.4. The van der Waals surface area contributed by atoms with E-state index in [9.17, 15) is 14.9 Å². The molecule has 0 saturated carbocycles. The minimum atomic E-state index is -0.554. The maximum atomic E-state index is 11.5. The number of halogens is 1. The summed E-state index contributed by atoms with van der Waals surface area (Å²) in [5.74, 6) is 0.111. The summed E-state index contributed by atoms with van der Waals surface area (Å²) in [6, 6.07) is 2.44. The third-order valence-electron chi connectivity index (χ3n) is 2.32. The first-order valence-electron chi connectivity index (χ1n) is 5.74. The summed E-state index contributed by atoms with van der Waals surface area (Å²) in [7, 11) is 1.62. The predicted octanol–water partition coefficient (Wildman–Crippen LogP) is 1.61. The van der Waals surface area contributed by atoms with Crippen LogP contribution in [0.5, 0.6) is 0 Å². The smallest absolute Gasteiger partial charge is 0.276 e.